The van der Waals surface area contributed by atoms with E-state index in [4.69, 9.17) is 0 Å². The standard InChI is InChI=1S/C9H20IP/c1-4-5-6-7-8-11(10)9(2)3/h9H,4-8H2,1-3H3. The van der Waals surface area contributed by atoms with E-state index in [2.05, 4.69) is 42.8 Å². The monoisotopic (exact) mass is 286 g/mol. The van der Waals surface area contributed by atoms with Gasteiger partial charge in [0.2, 0.25) is 0 Å². The van der Waals surface area contributed by atoms with Gasteiger partial charge in [0.05, 0.1) is 0 Å². The molecule has 1 atom stereocenters. The molecule has 0 saturated carbocycles. The van der Waals surface area contributed by atoms with Crippen LogP contribution in [0.4, 0.5) is 0 Å². The fourth-order valence-electron chi connectivity index (χ4n) is 0.948. The van der Waals surface area contributed by atoms with Crippen LogP contribution in [0.1, 0.15) is 46.5 Å². The van der Waals surface area contributed by atoms with Gasteiger partial charge in [-0.3, -0.25) is 0 Å². The lowest BCUT2D eigenvalue weighted by molar-refractivity contribution is 0.705. The molecule has 0 N–H and O–H groups in total. The Morgan fingerprint density at radius 1 is 1.18 bits per heavy atom. The molecule has 0 nitrogen and oxygen atoms in total. The van der Waals surface area contributed by atoms with E-state index in [1.807, 2.05) is 0 Å². The van der Waals surface area contributed by atoms with Crippen molar-refractivity contribution in [3.05, 3.63) is 0 Å². The van der Waals surface area contributed by atoms with Crippen LogP contribution in [0.25, 0.3) is 0 Å². The summed E-state index contributed by atoms with van der Waals surface area (Å²) < 4.78 is 0. The Hall–Kier alpha value is 1.16. The van der Waals surface area contributed by atoms with Crippen LogP contribution in [0.5, 0.6) is 0 Å². The largest absolute Gasteiger partial charge is 0.0654 e. The van der Waals surface area contributed by atoms with E-state index in [9.17, 15) is 0 Å². The van der Waals surface area contributed by atoms with E-state index < -0.39 is 0 Å². The van der Waals surface area contributed by atoms with Gasteiger partial charge in [0.25, 0.3) is 0 Å². The molecule has 0 heterocycles. The van der Waals surface area contributed by atoms with E-state index in [1.165, 1.54) is 31.8 Å². The highest BCUT2D eigenvalue weighted by Crippen LogP contribution is 2.50. The molecule has 11 heavy (non-hydrogen) atoms. The summed E-state index contributed by atoms with van der Waals surface area (Å²) in [5.74, 6) is 0. The maximum atomic E-state index is 2.65. The van der Waals surface area contributed by atoms with Crippen molar-refractivity contribution in [1.82, 2.24) is 0 Å². The number of halogens is 1. The van der Waals surface area contributed by atoms with Gasteiger partial charge in [0.15, 0.2) is 0 Å². The van der Waals surface area contributed by atoms with Gasteiger partial charge in [-0.25, -0.2) is 0 Å². The molecule has 0 spiro atoms. The smallest absolute Gasteiger partial charge is 0.0176 e. The van der Waals surface area contributed by atoms with Crippen molar-refractivity contribution in [2.45, 2.75) is 52.1 Å². The fourth-order valence-corrected chi connectivity index (χ4v) is 3.01. The highest BCUT2D eigenvalue weighted by atomic mass is 127. The van der Waals surface area contributed by atoms with Crippen LogP contribution < -0.4 is 0 Å². The normalized spacial score (nSPS) is 13.9. The first kappa shape index (κ1) is 12.2. The van der Waals surface area contributed by atoms with Gasteiger partial charge in [0, 0.05) is 0 Å². The van der Waals surface area contributed by atoms with Crippen LogP contribution in [-0.4, -0.2) is 11.8 Å². The minimum absolute atomic E-state index is 0.314. The first-order chi connectivity index (χ1) is 5.18. The maximum absolute atomic E-state index is 2.65. The van der Waals surface area contributed by atoms with Gasteiger partial charge >= 0.3 is 0 Å². The molecule has 0 aliphatic rings. The molecule has 2 heteroatoms. The van der Waals surface area contributed by atoms with Gasteiger partial charge in [0.1, 0.15) is 0 Å². The van der Waals surface area contributed by atoms with E-state index in [0.717, 1.165) is 5.66 Å². The summed E-state index contributed by atoms with van der Waals surface area (Å²) in [7, 11) is 0. The molecule has 0 aromatic rings. The molecular formula is C9H20IP. The van der Waals surface area contributed by atoms with Crippen molar-refractivity contribution >= 4 is 27.6 Å². The van der Waals surface area contributed by atoms with Crippen molar-refractivity contribution < 1.29 is 0 Å². The van der Waals surface area contributed by atoms with Crippen LogP contribution in [0.15, 0.2) is 0 Å². The summed E-state index contributed by atoms with van der Waals surface area (Å²) in [5, 5.41) is 0. The highest BCUT2D eigenvalue weighted by molar-refractivity contribution is 14.2. The summed E-state index contributed by atoms with van der Waals surface area (Å²) in [6, 6.07) is 0. The number of rotatable bonds is 6. The lowest BCUT2D eigenvalue weighted by atomic mass is 10.2. The number of hydrogen-bond acceptors (Lipinski definition) is 0. The minimum atomic E-state index is 0.314. The van der Waals surface area contributed by atoms with E-state index in [1.54, 1.807) is 0 Å². The predicted octanol–water partition coefficient (Wildman–Crippen LogP) is 4.81. The Balaban J connectivity index is 3.10. The summed E-state index contributed by atoms with van der Waals surface area (Å²) in [6.07, 6.45) is 7.18. The van der Waals surface area contributed by atoms with Crippen molar-refractivity contribution in [3.63, 3.8) is 0 Å². The zero-order valence-corrected chi connectivity index (χ0v) is 11.0. The quantitative estimate of drug-likeness (QED) is 0.373. The third-order valence-corrected chi connectivity index (χ3v) is 8.44. The summed E-state index contributed by atoms with van der Waals surface area (Å²) in [5.41, 5.74) is 1.24. The van der Waals surface area contributed by atoms with Crippen molar-refractivity contribution in [1.29, 1.82) is 0 Å². The van der Waals surface area contributed by atoms with Gasteiger partial charge < -0.3 is 0 Å². The second-order valence-electron chi connectivity index (χ2n) is 3.28. The zero-order valence-electron chi connectivity index (χ0n) is 7.94. The molecule has 0 radical (unpaired) electrons. The maximum Gasteiger partial charge on any atom is -0.0176 e. The molecule has 1 unspecified atom stereocenters. The number of hydrogen-bond donors (Lipinski definition) is 0. The Morgan fingerprint density at radius 3 is 2.27 bits per heavy atom. The molecule has 0 saturated heterocycles. The lowest BCUT2D eigenvalue weighted by Gasteiger charge is -2.13. The Labute approximate surface area is 85.8 Å². The third kappa shape index (κ3) is 7.52. The van der Waals surface area contributed by atoms with Crippen LogP contribution in [0, 0.1) is 0 Å². The Kier molecular flexibility index (Phi) is 8.61. The van der Waals surface area contributed by atoms with Crippen molar-refractivity contribution in [3.8, 4) is 0 Å². The zero-order chi connectivity index (χ0) is 8.69. The van der Waals surface area contributed by atoms with Gasteiger partial charge in [-0.2, -0.15) is 0 Å². The Morgan fingerprint density at radius 2 is 1.82 bits per heavy atom. The minimum Gasteiger partial charge on any atom is -0.0654 e. The van der Waals surface area contributed by atoms with Crippen LogP contribution >= 0.6 is 27.6 Å². The van der Waals surface area contributed by atoms with Gasteiger partial charge in [-0.15, -0.1) is 0 Å². The van der Waals surface area contributed by atoms with Crippen molar-refractivity contribution in [2.24, 2.45) is 0 Å². The second kappa shape index (κ2) is 7.79. The van der Waals surface area contributed by atoms with E-state index in [-0.39, 0.29) is 0 Å². The Bertz CT molecular complexity index is 83.6. The third-order valence-electron chi connectivity index (χ3n) is 1.79. The van der Waals surface area contributed by atoms with Gasteiger partial charge in [-0.1, -0.05) is 62.1 Å². The second-order valence-corrected chi connectivity index (χ2v) is 9.28. The molecule has 0 bridgehead atoms. The molecule has 0 aliphatic heterocycles. The summed E-state index contributed by atoms with van der Waals surface area (Å²) >= 11 is 2.65. The lowest BCUT2D eigenvalue weighted by Crippen LogP contribution is -1.91. The molecule has 0 aromatic carbocycles. The molecule has 68 valence electrons. The first-order valence-corrected chi connectivity index (χ1v) is 8.99. The average molecular weight is 286 g/mol. The topological polar surface area (TPSA) is 0 Å². The molecular weight excluding hydrogens is 266 g/mol. The molecule has 0 aliphatic carbocycles. The molecule has 0 amide bonds. The molecule has 0 aromatic heterocycles. The van der Waals surface area contributed by atoms with E-state index in [0.29, 0.717) is 5.56 Å². The summed E-state index contributed by atoms with van der Waals surface area (Å²) in [6.45, 7) is 6.96. The SMILES string of the molecule is CCCCCCP(I)C(C)C. The molecule has 0 rings (SSSR count). The van der Waals surface area contributed by atoms with Crippen molar-refractivity contribution in [2.75, 3.05) is 6.16 Å². The predicted molar refractivity (Wildman–Crippen MR) is 65.1 cm³/mol. The fraction of sp³-hybridized carbons (Fsp3) is 1.00. The number of unbranched alkanes of at least 4 members (excludes halogenated alkanes) is 3. The summed E-state index contributed by atoms with van der Waals surface area (Å²) in [4.78, 5) is 0. The van der Waals surface area contributed by atoms with Gasteiger partial charge in [-0.05, 0) is 23.8 Å². The highest BCUT2D eigenvalue weighted by Gasteiger charge is 2.06. The molecule has 0 fully saturated rings. The van der Waals surface area contributed by atoms with Crippen LogP contribution in [0.3, 0.4) is 0 Å². The average Bonchev–Trinajstić information content (AvgIpc) is 1.97. The first-order valence-electron chi connectivity index (χ1n) is 4.61. The van der Waals surface area contributed by atoms with Crippen LogP contribution in [-0.2, 0) is 0 Å². The van der Waals surface area contributed by atoms with Crippen LogP contribution in [0.2, 0.25) is 0 Å². The van der Waals surface area contributed by atoms with E-state index >= 15 is 0 Å².